The highest BCUT2D eigenvalue weighted by Crippen LogP contribution is 2.37. The van der Waals surface area contributed by atoms with E-state index in [9.17, 15) is 13.6 Å². The molecule has 1 aliphatic heterocycles. The Morgan fingerprint density at radius 2 is 1.94 bits per heavy atom. The molecule has 0 fully saturated rings. The number of hydrogen-bond acceptors (Lipinski definition) is 4. The maximum absolute atomic E-state index is 14.2. The van der Waals surface area contributed by atoms with Crippen LogP contribution in [-0.2, 0) is 13.1 Å². The molecule has 4 aromatic rings. The van der Waals surface area contributed by atoms with Gasteiger partial charge in [0.2, 0.25) is 0 Å². The minimum Gasteiger partial charge on any atom is -0.355 e. The van der Waals surface area contributed by atoms with Gasteiger partial charge in [0, 0.05) is 48.9 Å². The number of fused-ring (bicyclic) bond motifs is 1. The van der Waals surface area contributed by atoms with Crippen molar-refractivity contribution in [2.75, 3.05) is 6.54 Å². The van der Waals surface area contributed by atoms with Crippen LogP contribution in [0.2, 0.25) is 0 Å². The van der Waals surface area contributed by atoms with Crippen LogP contribution in [-0.4, -0.2) is 32.3 Å². The van der Waals surface area contributed by atoms with E-state index in [2.05, 4.69) is 30.2 Å². The van der Waals surface area contributed by atoms with Gasteiger partial charge in [-0.15, -0.1) is 0 Å². The Balaban J connectivity index is 1.49. The third-order valence-electron chi connectivity index (χ3n) is 6.49. The predicted octanol–water partition coefficient (Wildman–Crippen LogP) is 5.24. The molecule has 0 radical (unpaired) electrons. The molecule has 0 aliphatic carbocycles. The highest BCUT2D eigenvalue weighted by molar-refractivity contribution is 5.93. The summed E-state index contributed by atoms with van der Waals surface area (Å²) in [5.74, 6) is -1.73. The molecule has 2 aromatic carbocycles. The van der Waals surface area contributed by atoms with Crippen LogP contribution in [0.1, 0.15) is 51.4 Å². The van der Waals surface area contributed by atoms with E-state index >= 15 is 0 Å². The lowest BCUT2D eigenvalue weighted by Crippen LogP contribution is -2.39. The average molecular weight is 463 g/mol. The molecule has 1 unspecified atom stereocenters. The number of rotatable bonds is 4. The summed E-state index contributed by atoms with van der Waals surface area (Å²) in [7, 11) is 0. The maximum atomic E-state index is 14.2. The van der Waals surface area contributed by atoms with Crippen molar-refractivity contribution in [3.8, 4) is 11.3 Å². The topological polar surface area (TPSA) is 64.2 Å². The van der Waals surface area contributed by atoms with Crippen LogP contribution in [0.25, 0.3) is 11.3 Å². The lowest BCUT2D eigenvalue weighted by atomic mass is 9.83. The monoisotopic (exact) mass is 462 g/mol. The van der Waals surface area contributed by atoms with Crippen LogP contribution in [0.4, 0.5) is 8.78 Å². The zero-order chi connectivity index (χ0) is 24.0. The first-order chi connectivity index (χ1) is 16.4. The van der Waals surface area contributed by atoms with Crippen LogP contribution >= 0.6 is 0 Å². The summed E-state index contributed by atoms with van der Waals surface area (Å²) >= 11 is 0. The number of hydrogen-bond donors (Lipinski definition) is 0. The molecule has 5 rings (SSSR count). The van der Waals surface area contributed by atoms with Gasteiger partial charge < -0.3 is 9.42 Å². The normalized spacial score (nSPS) is 15.4. The summed E-state index contributed by atoms with van der Waals surface area (Å²) in [4.78, 5) is 15.2. The number of halogens is 2. The van der Waals surface area contributed by atoms with Crippen molar-refractivity contribution in [3.63, 3.8) is 0 Å². The zero-order valence-corrected chi connectivity index (χ0v) is 19.2. The molecular weight excluding hydrogens is 438 g/mol. The van der Waals surface area contributed by atoms with Gasteiger partial charge in [-0.25, -0.2) is 8.78 Å². The van der Waals surface area contributed by atoms with E-state index < -0.39 is 11.6 Å². The third-order valence-corrected chi connectivity index (χ3v) is 6.49. The first-order valence-electron chi connectivity index (χ1n) is 11.2. The highest BCUT2D eigenvalue weighted by atomic mass is 19.1. The Hall–Kier alpha value is -3.81. The Morgan fingerprint density at radius 3 is 2.68 bits per heavy atom. The molecule has 3 heterocycles. The van der Waals surface area contributed by atoms with E-state index in [1.807, 2.05) is 29.8 Å². The fourth-order valence-electron chi connectivity index (χ4n) is 4.89. The Labute approximate surface area is 195 Å². The zero-order valence-electron chi connectivity index (χ0n) is 19.2. The Bertz CT molecular complexity index is 1390. The highest BCUT2D eigenvalue weighted by Gasteiger charge is 2.33. The van der Waals surface area contributed by atoms with Gasteiger partial charge in [0.25, 0.3) is 5.91 Å². The van der Waals surface area contributed by atoms with Crippen molar-refractivity contribution >= 4 is 5.91 Å². The minimum atomic E-state index is -0.777. The number of amides is 1. The predicted molar refractivity (Wildman–Crippen MR) is 122 cm³/mol. The van der Waals surface area contributed by atoms with E-state index in [1.165, 1.54) is 17.7 Å². The number of carbonyl (C=O) groups is 1. The lowest BCUT2D eigenvalue weighted by Gasteiger charge is -2.34. The third kappa shape index (κ3) is 3.69. The van der Waals surface area contributed by atoms with Crippen LogP contribution in [0.15, 0.2) is 53.1 Å². The maximum Gasteiger partial charge on any atom is 0.276 e. The largest absolute Gasteiger partial charge is 0.355 e. The van der Waals surface area contributed by atoms with E-state index in [1.54, 1.807) is 4.90 Å². The molecule has 2 aromatic heterocycles. The standard InChI is InChI=1S/C26H24F2N4O2/c1-4-32-16(3)25(15(2)29-32)21-14-31(13-17-7-5-6-8-19(17)21)26(33)23-12-24(34-30-23)20-10-9-18(27)11-22(20)28/h5-12,21H,4,13-14H2,1-3H3. The Morgan fingerprint density at radius 1 is 1.15 bits per heavy atom. The fraction of sp³-hybridized carbons (Fsp3) is 0.269. The second-order valence-electron chi connectivity index (χ2n) is 8.54. The van der Waals surface area contributed by atoms with Crippen molar-refractivity contribution in [2.45, 2.75) is 39.8 Å². The van der Waals surface area contributed by atoms with Crippen molar-refractivity contribution in [3.05, 3.63) is 93.9 Å². The lowest BCUT2D eigenvalue weighted by molar-refractivity contribution is 0.0714. The van der Waals surface area contributed by atoms with Crippen molar-refractivity contribution in [2.24, 2.45) is 0 Å². The molecule has 174 valence electrons. The average Bonchev–Trinajstić information content (AvgIpc) is 3.42. The number of nitrogens with zero attached hydrogens (tertiary/aromatic N) is 4. The van der Waals surface area contributed by atoms with Crippen molar-refractivity contribution in [1.29, 1.82) is 0 Å². The molecule has 1 aliphatic rings. The van der Waals surface area contributed by atoms with Gasteiger partial charge in [0.1, 0.15) is 11.6 Å². The molecule has 1 amide bonds. The van der Waals surface area contributed by atoms with E-state index in [0.717, 1.165) is 41.2 Å². The second kappa shape index (κ2) is 8.52. The molecule has 8 heteroatoms. The van der Waals surface area contributed by atoms with Gasteiger partial charge in [0.05, 0.1) is 11.3 Å². The van der Waals surface area contributed by atoms with Gasteiger partial charge in [-0.3, -0.25) is 9.48 Å². The van der Waals surface area contributed by atoms with Gasteiger partial charge in [-0.2, -0.15) is 5.10 Å². The molecule has 1 atom stereocenters. The fourth-order valence-corrected chi connectivity index (χ4v) is 4.89. The van der Waals surface area contributed by atoms with Crippen LogP contribution in [0.3, 0.4) is 0 Å². The summed E-state index contributed by atoms with van der Waals surface area (Å²) in [5.41, 5.74) is 5.53. The van der Waals surface area contributed by atoms with Crippen LogP contribution in [0, 0.1) is 25.5 Å². The SMILES string of the molecule is CCn1nc(C)c(C2CN(C(=O)c3cc(-c4ccc(F)cc4F)on3)Cc3ccccc32)c1C. The number of aromatic nitrogens is 3. The van der Waals surface area contributed by atoms with E-state index in [-0.39, 0.29) is 28.8 Å². The molecule has 0 saturated heterocycles. The first kappa shape index (κ1) is 22.0. The summed E-state index contributed by atoms with van der Waals surface area (Å²) < 4.78 is 34.7. The van der Waals surface area contributed by atoms with Gasteiger partial charge >= 0.3 is 0 Å². The quantitative estimate of drug-likeness (QED) is 0.416. The van der Waals surface area contributed by atoms with E-state index in [4.69, 9.17) is 4.52 Å². The van der Waals surface area contributed by atoms with E-state index in [0.29, 0.717) is 13.1 Å². The smallest absolute Gasteiger partial charge is 0.276 e. The molecule has 34 heavy (non-hydrogen) atoms. The second-order valence-corrected chi connectivity index (χ2v) is 8.54. The van der Waals surface area contributed by atoms with Crippen molar-refractivity contribution < 1.29 is 18.1 Å². The summed E-state index contributed by atoms with van der Waals surface area (Å²) in [5, 5.41) is 8.57. The molecule has 6 nitrogen and oxygen atoms in total. The summed E-state index contributed by atoms with van der Waals surface area (Å²) in [6, 6.07) is 12.7. The molecule has 0 N–H and O–H groups in total. The van der Waals surface area contributed by atoms with Crippen molar-refractivity contribution in [1.82, 2.24) is 19.8 Å². The molecular formula is C26H24F2N4O2. The molecule has 0 bridgehead atoms. The summed E-state index contributed by atoms with van der Waals surface area (Å²) in [6.07, 6.45) is 0. The first-order valence-corrected chi connectivity index (χ1v) is 11.2. The molecule has 0 saturated carbocycles. The number of aryl methyl sites for hydroxylation is 2. The number of carbonyl (C=O) groups excluding carboxylic acids is 1. The summed E-state index contributed by atoms with van der Waals surface area (Å²) in [6.45, 7) is 7.77. The number of benzene rings is 2. The Kier molecular flexibility index (Phi) is 5.51. The van der Waals surface area contributed by atoms with Gasteiger partial charge in [-0.1, -0.05) is 29.4 Å². The van der Waals surface area contributed by atoms with Crippen LogP contribution < -0.4 is 0 Å². The van der Waals surface area contributed by atoms with Crippen LogP contribution in [0.5, 0.6) is 0 Å². The van der Waals surface area contributed by atoms with Gasteiger partial charge in [0.15, 0.2) is 11.5 Å². The van der Waals surface area contributed by atoms with Gasteiger partial charge in [-0.05, 0) is 44.0 Å². The molecule has 0 spiro atoms. The minimum absolute atomic E-state index is 0.0323.